The molecule has 19 heavy (non-hydrogen) atoms. The Morgan fingerprint density at radius 3 is 2.11 bits per heavy atom. The zero-order valence-corrected chi connectivity index (χ0v) is 13.3. The summed E-state index contributed by atoms with van der Waals surface area (Å²) in [6, 6.07) is 9.28. The first-order valence-corrected chi connectivity index (χ1v) is 7.26. The van der Waals surface area contributed by atoms with Gasteiger partial charge in [0.15, 0.2) is 0 Å². The van der Waals surface area contributed by atoms with Crippen LogP contribution in [0.3, 0.4) is 0 Å². The van der Waals surface area contributed by atoms with Crippen molar-refractivity contribution >= 4 is 0 Å². The second kappa shape index (κ2) is 7.06. The molecule has 0 aromatic heterocycles. The molecule has 0 aliphatic carbocycles. The summed E-state index contributed by atoms with van der Waals surface area (Å²) >= 11 is 0. The third kappa shape index (κ3) is 5.75. The molecule has 0 bridgehead atoms. The van der Waals surface area contributed by atoms with Crippen molar-refractivity contribution in [2.75, 3.05) is 13.2 Å². The predicted molar refractivity (Wildman–Crippen MR) is 82.6 cm³/mol. The average molecular weight is 263 g/mol. The maximum absolute atomic E-state index is 5.53. The van der Waals surface area contributed by atoms with Crippen LogP contribution < -0.4 is 5.32 Å². The van der Waals surface area contributed by atoms with Gasteiger partial charge in [0.1, 0.15) is 0 Å². The van der Waals surface area contributed by atoms with E-state index in [0.717, 1.165) is 13.2 Å². The molecule has 1 aromatic carbocycles. The summed E-state index contributed by atoms with van der Waals surface area (Å²) in [6.07, 6.45) is 0.308. The number of rotatable bonds is 6. The first-order valence-electron chi connectivity index (χ1n) is 7.26. The molecular weight excluding hydrogens is 234 g/mol. The van der Waals surface area contributed by atoms with Crippen molar-refractivity contribution in [2.45, 2.75) is 59.1 Å². The minimum Gasteiger partial charge on any atom is -0.377 e. The van der Waals surface area contributed by atoms with Gasteiger partial charge in [-0.2, -0.15) is 0 Å². The van der Waals surface area contributed by atoms with E-state index in [1.807, 2.05) is 0 Å². The molecule has 108 valence electrons. The van der Waals surface area contributed by atoms with Crippen molar-refractivity contribution in [1.29, 1.82) is 0 Å². The van der Waals surface area contributed by atoms with Gasteiger partial charge in [-0.1, -0.05) is 45.0 Å². The van der Waals surface area contributed by atoms with Gasteiger partial charge in [0.2, 0.25) is 0 Å². The lowest BCUT2D eigenvalue weighted by atomic mass is 9.86. The fraction of sp³-hybridized carbons (Fsp3) is 0.647. The van der Waals surface area contributed by atoms with E-state index in [4.69, 9.17) is 4.74 Å². The van der Waals surface area contributed by atoms with Crippen LogP contribution in [-0.2, 0) is 10.2 Å². The monoisotopic (exact) mass is 263 g/mol. The van der Waals surface area contributed by atoms with E-state index in [1.165, 1.54) is 11.1 Å². The Morgan fingerprint density at radius 1 is 1.05 bits per heavy atom. The van der Waals surface area contributed by atoms with Gasteiger partial charge in [0.05, 0.1) is 12.7 Å². The van der Waals surface area contributed by atoms with Crippen LogP contribution in [0.2, 0.25) is 0 Å². The fourth-order valence-electron chi connectivity index (χ4n) is 1.96. The van der Waals surface area contributed by atoms with Crippen LogP contribution in [0.25, 0.3) is 0 Å². The van der Waals surface area contributed by atoms with E-state index in [0.29, 0.717) is 12.1 Å². The Morgan fingerprint density at radius 2 is 1.63 bits per heavy atom. The van der Waals surface area contributed by atoms with E-state index in [1.54, 1.807) is 0 Å². The van der Waals surface area contributed by atoms with Gasteiger partial charge in [-0.3, -0.25) is 0 Å². The first kappa shape index (κ1) is 16.2. The third-order valence-electron chi connectivity index (χ3n) is 3.28. The number of benzene rings is 1. The van der Waals surface area contributed by atoms with Crippen LogP contribution in [0, 0.1) is 0 Å². The summed E-state index contributed by atoms with van der Waals surface area (Å²) in [6.45, 7) is 14.7. The molecule has 0 aliphatic rings. The topological polar surface area (TPSA) is 21.3 Å². The molecule has 0 heterocycles. The second-order valence-electron chi connectivity index (χ2n) is 6.47. The molecule has 2 heteroatoms. The fourth-order valence-corrected chi connectivity index (χ4v) is 1.96. The average Bonchev–Trinajstić information content (AvgIpc) is 2.33. The molecule has 0 aliphatic heterocycles. The molecule has 0 spiro atoms. The molecule has 1 unspecified atom stereocenters. The lowest BCUT2D eigenvalue weighted by Crippen LogP contribution is -2.24. The Labute approximate surface area is 118 Å². The Bertz CT molecular complexity index is 362. The highest BCUT2D eigenvalue weighted by atomic mass is 16.5. The van der Waals surface area contributed by atoms with Crippen LogP contribution in [-0.4, -0.2) is 19.3 Å². The van der Waals surface area contributed by atoms with Crippen molar-refractivity contribution in [2.24, 2.45) is 0 Å². The maximum atomic E-state index is 5.53. The van der Waals surface area contributed by atoms with Crippen LogP contribution in [0.5, 0.6) is 0 Å². The van der Waals surface area contributed by atoms with Crippen molar-refractivity contribution < 1.29 is 4.74 Å². The standard InChI is InChI=1S/C17H29NO/c1-13(2)19-12-11-18-14(3)15-7-9-16(10-8-15)17(4,5)6/h7-10,13-14,18H,11-12H2,1-6H3. The van der Waals surface area contributed by atoms with Gasteiger partial charge in [-0.15, -0.1) is 0 Å². The maximum Gasteiger partial charge on any atom is 0.0594 e. The van der Waals surface area contributed by atoms with Crippen molar-refractivity contribution in [3.8, 4) is 0 Å². The Kier molecular flexibility index (Phi) is 6.02. The zero-order valence-electron chi connectivity index (χ0n) is 13.3. The summed E-state index contributed by atoms with van der Waals surface area (Å²) in [5, 5.41) is 3.49. The van der Waals surface area contributed by atoms with Crippen molar-refractivity contribution in [3.63, 3.8) is 0 Å². The van der Waals surface area contributed by atoms with Crippen LogP contribution in [0.15, 0.2) is 24.3 Å². The largest absolute Gasteiger partial charge is 0.377 e. The van der Waals surface area contributed by atoms with Crippen molar-refractivity contribution in [1.82, 2.24) is 5.32 Å². The summed E-state index contributed by atoms with van der Waals surface area (Å²) in [5.74, 6) is 0. The molecule has 0 amide bonds. The number of hydrogen-bond acceptors (Lipinski definition) is 2. The summed E-state index contributed by atoms with van der Waals surface area (Å²) < 4.78 is 5.53. The molecule has 1 rings (SSSR count). The van der Waals surface area contributed by atoms with Crippen molar-refractivity contribution in [3.05, 3.63) is 35.4 Å². The van der Waals surface area contributed by atoms with Gasteiger partial charge < -0.3 is 10.1 Å². The lowest BCUT2D eigenvalue weighted by Gasteiger charge is -2.21. The quantitative estimate of drug-likeness (QED) is 0.781. The van der Waals surface area contributed by atoms with Gasteiger partial charge in [0.25, 0.3) is 0 Å². The number of nitrogens with one attached hydrogen (secondary N) is 1. The second-order valence-corrected chi connectivity index (χ2v) is 6.47. The van der Waals surface area contributed by atoms with E-state index >= 15 is 0 Å². The number of hydrogen-bond donors (Lipinski definition) is 1. The van der Waals surface area contributed by atoms with Crippen LogP contribution in [0.1, 0.15) is 58.7 Å². The molecule has 1 N–H and O–H groups in total. The summed E-state index contributed by atoms with van der Waals surface area (Å²) in [7, 11) is 0. The summed E-state index contributed by atoms with van der Waals surface area (Å²) in [4.78, 5) is 0. The highest BCUT2D eigenvalue weighted by molar-refractivity contribution is 5.28. The normalized spacial score (nSPS) is 13.8. The van der Waals surface area contributed by atoms with Gasteiger partial charge in [-0.25, -0.2) is 0 Å². The Balaban J connectivity index is 2.47. The molecule has 0 saturated heterocycles. The predicted octanol–water partition coefficient (Wildman–Crippen LogP) is 4.06. The molecule has 1 aromatic rings. The number of ether oxygens (including phenoxy) is 1. The van der Waals surface area contributed by atoms with E-state index in [9.17, 15) is 0 Å². The SMILES string of the molecule is CC(C)OCCNC(C)c1ccc(C(C)(C)C)cc1. The lowest BCUT2D eigenvalue weighted by molar-refractivity contribution is 0.0796. The molecule has 2 nitrogen and oxygen atoms in total. The minimum absolute atomic E-state index is 0.223. The molecule has 0 fully saturated rings. The Hall–Kier alpha value is -0.860. The highest BCUT2D eigenvalue weighted by Crippen LogP contribution is 2.23. The molecule has 0 saturated carbocycles. The highest BCUT2D eigenvalue weighted by Gasteiger charge is 2.13. The summed E-state index contributed by atoms with van der Waals surface area (Å²) in [5.41, 5.74) is 2.93. The van der Waals surface area contributed by atoms with E-state index < -0.39 is 0 Å². The van der Waals surface area contributed by atoms with Gasteiger partial charge >= 0.3 is 0 Å². The van der Waals surface area contributed by atoms with Gasteiger partial charge in [0, 0.05) is 12.6 Å². The van der Waals surface area contributed by atoms with E-state index in [-0.39, 0.29) is 5.41 Å². The zero-order chi connectivity index (χ0) is 14.5. The molecule has 0 radical (unpaired) electrons. The molecular formula is C17H29NO. The smallest absolute Gasteiger partial charge is 0.0594 e. The van der Waals surface area contributed by atoms with Crippen LogP contribution >= 0.6 is 0 Å². The first-order chi connectivity index (χ1) is 8.80. The molecule has 1 atom stereocenters. The van der Waals surface area contributed by atoms with Crippen LogP contribution in [0.4, 0.5) is 0 Å². The van der Waals surface area contributed by atoms with E-state index in [2.05, 4.69) is 71.1 Å². The van der Waals surface area contributed by atoms with Gasteiger partial charge in [-0.05, 0) is 37.3 Å². The minimum atomic E-state index is 0.223. The third-order valence-corrected chi connectivity index (χ3v) is 3.28.